The molecule has 7 rings (SSSR count). The van der Waals surface area contributed by atoms with Gasteiger partial charge in [0.05, 0.1) is 23.5 Å². The number of esters is 1. The van der Waals surface area contributed by atoms with Crippen LogP contribution in [-0.4, -0.2) is 55.3 Å². The molecule has 0 unspecified atom stereocenters. The van der Waals surface area contributed by atoms with Crippen LogP contribution in [0.3, 0.4) is 0 Å². The van der Waals surface area contributed by atoms with Crippen LogP contribution in [0.25, 0.3) is 11.4 Å². The smallest absolute Gasteiger partial charge is 0.309 e. The van der Waals surface area contributed by atoms with Crippen LogP contribution in [0, 0.1) is 67.5 Å². The molecule has 4 fully saturated rings. The average Bonchev–Trinajstić information content (AvgIpc) is 3.71. The van der Waals surface area contributed by atoms with Gasteiger partial charge in [-0.3, -0.25) is 14.4 Å². The van der Waals surface area contributed by atoms with Crippen LogP contribution < -0.4 is 5.73 Å². The molecule has 314 valence electrons. The summed E-state index contributed by atoms with van der Waals surface area (Å²) >= 11 is 0. The van der Waals surface area contributed by atoms with Crippen LogP contribution in [-0.2, 0) is 25.7 Å². The van der Waals surface area contributed by atoms with Crippen molar-refractivity contribution in [3.63, 3.8) is 0 Å². The number of carboxylic acid groups (broad SMARTS) is 1. The summed E-state index contributed by atoms with van der Waals surface area (Å²) in [6.07, 6.45) is 5.94. The van der Waals surface area contributed by atoms with Crippen molar-refractivity contribution in [3.05, 3.63) is 46.8 Å². The number of nitrogens with zero attached hydrogens (tertiary/aromatic N) is 4. The second kappa shape index (κ2) is 14.4. The van der Waals surface area contributed by atoms with Crippen molar-refractivity contribution < 1.29 is 29.3 Å². The number of benzene rings is 1. The van der Waals surface area contributed by atoms with E-state index in [-0.39, 0.29) is 58.2 Å². The molecule has 9 atom stereocenters. The first-order valence-electron chi connectivity index (χ1n) is 21.7. The summed E-state index contributed by atoms with van der Waals surface area (Å²) in [5.74, 6) is 0.560. The number of ketones is 1. The number of aliphatic carboxylic acids is 1. The summed E-state index contributed by atoms with van der Waals surface area (Å²) in [6.45, 7) is 20.1. The molecule has 0 bridgehead atoms. The minimum Gasteiger partial charge on any atom is -0.481 e. The molecular weight excluding hydrogens is 731 g/mol. The highest BCUT2D eigenvalue weighted by molar-refractivity contribution is 6.00. The maximum atomic E-state index is 14.4. The van der Waals surface area contributed by atoms with E-state index in [0.29, 0.717) is 48.6 Å². The van der Waals surface area contributed by atoms with Gasteiger partial charge < -0.3 is 25.3 Å². The Kier molecular flexibility index (Phi) is 10.5. The fraction of sp³-hybridized carbons (Fsp3) is 0.702. The van der Waals surface area contributed by atoms with Crippen LogP contribution in [0.1, 0.15) is 144 Å². The highest BCUT2D eigenvalue weighted by Gasteiger charge is 2.71. The van der Waals surface area contributed by atoms with Crippen molar-refractivity contribution in [2.45, 2.75) is 145 Å². The number of Topliss-reactive ketones (excluding diaryl/α,β-unsaturated/α-hetero) is 1. The van der Waals surface area contributed by atoms with Gasteiger partial charge in [-0.2, -0.15) is 5.26 Å². The molecule has 2 aromatic rings. The number of rotatable bonds is 10. The SMILES string of the molecule is CC(C)C1=C2[C@H]3CC[C@@H]4[C@@]5(C)CC[C@H](OC(=O)CC(C)(C)C(=O)O)C(C)(C)[C@@H]5CC[C@@]4(C)[C@]3(C)CC[C@@]2([C@H](O)c2nnc(-c3ccc(C#N)cc3)n2CCN)CC1=O. The summed E-state index contributed by atoms with van der Waals surface area (Å²) in [5, 5.41) is 41.1. The largest absolute Gasteiger partial charge is 0.481 e. The molecule has 0 spiro atoms. The highest BCUT2D eigenvalue weighted by atomic mass is 16.5. The van der Waals surface area contributed by atoms with Crippen molar-refractivity contribution in [1.82, 2.24) is 14.8 Å². The molecule has 11 nitrogen and oxygen atoms in total. The molecule has 1 heterocycles. The molecule has 4 N–H and O–H groups in total. The Morgan fingerprint density at radius 3 is 2.29 bits per heavy atom. The van der Waals surface area contributed by atoms with Gasteiger partial charge in [0.15, 0.2) is 17.4 Å². The Bertz CT molecular complexity index is 2060. The van der Waals surface area contributed by atoms with E-state index >= 15 is 0 Å². The molecule has 5 aliphatic rings. The van der Waals surface area contributed by atoms with Gasteiger partial charge in [-0.15, -0.1) is 10.2 Å². The number of carbonyl (C=O) groups is 3. The standard InChI is InChI=1S/C47H65N5O6/c1-27(2)36-31(53)24-47(38(55)40-51-50-39(52(40)23-22-48)29-12-10-28(26-49)11-13-29)21-20-45(8)30(37(36)47)14-15-33-44(7)18-17-34(58-35(54)25-42(3,4)41(56)57)43(5,6)32(44)16-19-46(33,45)9/h10-13,27,30,32-34,38,55H,14-25,48H2,1-9H3,(H,56,57)/t30-,32+,33-,34+,38-,44+,45-,46-,47-/m1/s1. The molecular formula is C47H65N5O6. The molecule has 0 radical (unpaired) electrons. The zero-order valence-corrected chi connectivity index (χ0v) is 36.2. The number of nitriles is 1. The lowest BCUT2D eigenvalue weighted by atomic mass is 9.33. The van der Waals surface area contributed by atoms with Crippen molar-refractivity contribution in [3.8, 4) is 17.5 Å². The minimum atomic E-state index is -1.19. The van der Waals surface area contributed by atoms with E-state index in [2.05, 4.69) is 64.7 Å². The van der Waals surface area contributed by atoms with Crippen LogP contribution in [0.4, 0.5) is 0 Å². The second-order valence-electron chi connectivity index (χ2n) is 21.0. The number of hydrogen-bond acceptors (Lipinski definition) is 9. The van der Waals surface area contributed by atoms with Crippen molar-refractivity contribution in [2.75, 3.05) is 6.54 Å². The molecule has 0 aliphatic heterocycles. The zero-order chi connectivity index (χ0) is 42.4. The summed E-state index contributed by atoms with van der Waals surface area (Å²) < 4.78 is 8.09. The van der Waals surface area contributed by atoms with Crippen LogP contribution in [0.2, 0.25) is 0 Å². The van der Waals surface area contributed by atoms with Gasteiger partial charge in [0.25, 0.3) is 0 Å². The van der Waals surface area contributed by atoms with E-state index in [1.807, 2.05) is 16.7 Å². The lowest BCUT2D eigenvalue weighted by molar-refractivity contribution is -0.235. The van der Waals surface area contributed by atoms with E-state index in [0.717, 1.165) is 61.7 Å². The summed E-state index contributed by atoms with van der Waals surface area (Å²) in [5.41, 5.74) is 7.09. The number of fused-ring (bicyclic) bond motifs is 7. The Balaban J connectivity index is 1.22. The quantitative estimate of drug-likeness (QED) is 0.198. The van der Waals surface area contributed by atoms with Crippen molar-refractivity contribution in [1.29, 1.82) is 5.26 Å². The summed E-state index contributed by atoms with van der Waals surface area (Å²) in [7, 11) is 0. The van der Waals surface area contributed by atoms with E-state index in [4.69, 9.17) is 10.5 Å². The topological polar surface area (TPSA) is 181 Å². The van der Waals surface area contributed by atoms with E-state index in [1.165, 1.54) is 0 Å². The number of hydrogen-bond donors (Lipinski definition) is 3. The zero-order valence-electron chi connectivity index (χ0n) is 36.2. The third-order valence-electron chi connectivity index (χ3n) is 17.0. The normalized spacial score (nSPS) is 34.7. The fourth-order valence-electron chi connectivity index (χ4n) is 13.9. The van der Waals surface area contributed by atoms with Gasteiger partial charge in [-0.05, 0) is 141 Å². The van der Waals surface area contributed by atoms with Crippen LogP contribution >= 0.6 is 0 Å². The lowest BCUT2D eigenvalue weighted by Crippen LogP contribution is -2.66. The number of aromatic nitrogens is 3. The molecule has 5 aliphatic carbocycles. The van der Waals surface area contributed by atoms with Crippen LogP contribution in [0.5, 0.6) is 0 Å². The molecule has 0 saturated heterocycles. The van der Waals surface area contributed by atoms with Crippen LogP contribution in [0.15, 0.2) is 35.4 Å². The van der Waals surface area contributed by atoms with E-state index < -0.39 is 28.9 Å². The number of ether oxygens (including phenoxy) is 1. The maximum absolute atomic E-state index is 14.4. The molecule has 0 amide bonds. The molecule has 11 heteroatoms. The monoisotopic (exact) mass is 795 g/mol. The first kappa shape index (κ1) is 42.3. The highest BCUT2D eigenvalue weighted by Crippen LogP contribution is 2.77. The Morgan fingerprint density at radius 2 is 1.67 bits per heavy atom. The second-order valence-corrected chi connectivity index (χ2v) is 21.0. The number of aliphatic hydroxyl groups excluding tert-OH is 1. The van der Waals surface area contributed by atoms with Gasteiger partial charge in [-0.1, -0.05) is 48.5 Å². The van der Waals surface area contributed by atoms with Gasteiger partial charge in [-0.25, -0.2) is 0 Å². The first-order valence-corrected chi connectivity index (χ1v) is 21.7. The Labute approximate surface area is 344 Å². The maximum Gasteiger partial charge on any atom is 0.309 e. The molecule has 1 aromatic carbocycles. The average molecular weight is 796 g/mol. The van der Waals surface area contributed by atoms with Crippen molar-refractivity contribution in [2.24, 2.45) is 61.9 Å². The van der Waals surface area contributed by atoms with Gasteiger partial charge in [0.1, 0.15) is 12.2 Å². The predicted molar refractivity (Wildman–Crippen MR) is 220 cm³/mol. The lowest BCUT2D eigenvalue weighted by Gasteiger charge is -2.72. The van der Waals surface area contributed by atoms with Gasteiger partial charge in [0, 0.05) is 35.9 Å². The molecule has 58 heavy (non-hydrogen) atoms. The first-order chi connectivity index (χ1) is 27.1. The van der Waals surface area contributed by atoms with Gasteiger partial charge >= 0.3 is 11.9 Å². The van der Waals surface area contributed by atoms with Gasteiger partial charge in [0.2, 0.25) is 0 Å². The number of carboxylic acids is 1. The number of nitrogens with two attached hydrogens (primary N) is 1. The third kappa shape index (κ3) is 6.13. The van der Waals surface area contributed by atoms with Crippen molar-refractivity contribution >= 4 is 17.7 Å². The number of allylic oxidation sites excluding steroid dienone is 1. The Hall–Kier alpha value is -3.88. The fourth-order valence-corrected chi connectivity index (χ4v) is 13.9. The van der Waals surface area contributed by atoms with E-state index in [1.54, 1.807) is 26.0 Å². The number of aliphatic hydroxyl groups is 1. The number of carbonyl (C=O) groups excluding carboxylic acids is 2. The molecule has 4 saturated carbocycles. The Morgan fingerprint density at radius 1 is 0.983 bits per heavy atom. The van der Waals surface area contributed by atoms with E-state index in [9.17, 15) is 29.9 Å². The summed E-state index contributed by atoms with van der Waals surface area (Å²) in [4.78, 5) is 39.3. The minimum absolute atomic E-state index is 0.00299. The third-order valence-corrected chi connectivity index (χ3v) is 17.0. The predicted octanol–water partition coefficient (Wildman–Crippen LogP) is 8.20. The summed E-state index contributed by atoms with van der Waals surface area (Å²) in [6, 6.07) is 9.34. The molecule has 1 aromatic heterocycles.